The van der Waals surface area contributed by atoms with Crippen LogP contribution in [0.1, 0.15) is 38.7 Å². The van der Waals surface area contributed by atoms with Crippen molar-refractivity contribution < 1.29 is 4.74 Å². The Kier molecular flexibility index (Phi) is 4.57. The largest absolute Gasteiger partial charge is 0.497 e. The van der Waals surface area contributed by atoms with Gasteiger partial charge in [0, 0.05) is 10.0 Å². The molecule has 1 aromatic carbocycles. The molecular weight excluding hydrogens is 302 g/mol. The summed E-state index contributed by atoms with van der Waals surface area (Å²) in [5.74, 6) is 2.27. The SMILES string of the molecule is COc1ccc(Br)c(CC2(N)CCC(C)CC2C)c1. The van der Waals surface area contributed by atoms with E-state index in [0.717, 1.165) is 29.0 Å². The normalized spacial score (nSPS) is 31.2. The molecule has 2 nitrogen and oxygen atoms in total. The fourth-order valence-corrected chi connectivity index (χ4v) is 3.54. The van der Waals surface area contributed by atoms with Gasteiger partial charge in [-0.05, 0) is 61.3 Å². The summed E-state index contributed by atoms with van der Waals surface area (Å²) in [6.45, 7) is 4.63. The Morgan fingerprint density at radius 2 is 2.16 bits per heavy atom. The smallest absolute Gasteiger partial charge is 0.119 e. The van der Waals surface area contributed by atoms with E-state index < -0.39 is 0 Å². The van der Waals surface area contributed by atoms with E-state index in [1.807, 2.05) is 12.1 Å². The topological polar surface area (TPSA) is 35.2 Å². The van der Waals surface area contributed by atoms with Crippen molar-refractivity contribution in [1.29, 1.82) is 0 Å². The molecule has 2 N–H and O–H groups in total. The monoisotopic (exact) mass is 325 g/mol. The zero-order valence-electron chi connectivity index (χ0n) is 12.1. The van der Waals surface area contributed by atoms with E-state index in [-0.39, 0.29) is 5.54 Å². The van der Waals surface area contributed by atoms with Gasteiger partial charge < -0.3 is 10.5 Å². The third kappa shape index (κ3) is 3.32. The van der Waals surface area contributed by atoms with Crippen LogP contribution in [-0.2, 0) is 6.42 Å². The first-order valence-corrected chi connectivity index (χ1v) is 7.85. The lowest BCUT2D eigenvalue weighted by Crippen LogP contribution is -2.51. The molecule has 0 aliphatic heterocycles. The number of ether oxygens (including phenoxy) is 1. The lowest BCUT2D eigenvalue weighted by atomic mass is 9.68. The molecule has 3 heteroatoms. The van der Waals surface area contributed by atoms with Crippen molar-refractivity contribution in [3.8, 4) is 5.75 Å². The maximum Gasteiger partial charge on any atom is 0.119 e. The minimum Gasteiger partial charge on any atom is -0.497 e. The molecule has 3 unspecified atom stereocenters. The number of rotatable bonds is 3. The van der Waals surface area contributed by atoms with E-state index >= 15 is 0 Å². The summed E-state index contributed by atoms with van der Waals surface area (Å²) in [7, 11) is 1.70. The molecule has 1 aromatic rings. The van der Waals surface area contributed by atoms with Gasteiger partial charge in [0.15, 0.2) is 0 Å². The zero-order chi connectivity index (χ0) is 14.0. The molecule has 0 bridgehead atoms. The molecule has 1 aliphatic carbocycles. The number of benzene rings is 1. The third-order valence-electron chi connectivity index (χ3n) is 4.61. The lowest BCUT2D eigenvalue weighted by Gasteiger charge is -2.42. The average Bonchev–Trinajstić information content (AvgIpc) is 2.37. The van der Waals surface area contributed by atoms with Crippen molar-refractivity contribution in [3.05, 3.63) is 28.2 Å². The Bertz CT molecular complexity index is 448. The van der Waals surface area contributed by atoms with Gasteiger partial charge in [0.1, 0.15) is 5.75 Å². The number of nitrogens with two attached hydrogens (primary N) is 1. The van der Waals surface area contributed by atoms with Crippen LogP contribution in [0.3, 0.4) is 0 Å². The third-order valence-corrected chi connectivity index (χ3v) is 5.39. The summed E-state index contributed by atoms with van der Waals surface area (Å²) in [4.78, 5) is 0. The fraction of sp³-hybridized carbons (Fsp3) is 0.625. The Labute approximate surface area is 124 Å². The molecule has 0 heterocycles. The summed E-state index contributed by atoms with van der Waals surface area (Å²) in [6.07, 6.45) is 4.50. The number of methoxy groups -OCH3 is 1. The van der Waals surface area contributed by atoms with E-state index in [1.165, 1.54) is 18.4 Å². The summed E-state index contributed by atoms with van der Waals surface area (Å²) in [5.41, 5.74) is 7.87. The Morgan fingerprint density at radius 3 is 2.79 bits per heavy atom. The number of hydrogen-bond donors (Lipinski definition) is 1. The Hall–Kier alpha value is -0.540. The maximum absolute atomic E-state index is 6.70. The first kappa shape index (κ1) is 14.9. The number of halogens is 1. The molecule has 0 spiro atoms. The van der Waals surface area contributed by atoms with Gasteiger partial charge in [0.25, 0.3) is 0 Å². The fourth-order valence-electron chi connectivity index (χ4n) is 3.15. The maximum atomic E-state index is 6.70. The second-order valence-electron chi connectivity index (χ2n) is 6.15. The van der Waals surface area contributed by atoms with E-state index in [2.05, 4.69) is 35.8 Å². The molecule has 0 amide bonds. The highest BCUT2D eigenvalue weighted by atomic mass is 79.9. The van der Waals surface area contributed by atoms with Gasteiger partial charge in [-0.15, -0.1) is 0 Å². The molecule has 1 saturated carbocycles. The molecule has 3 atom stereocenters. The summed E-state index contributed by atoms with van der Waals surface area (Å²) in [6, 6.07) is 6.13. The van der Waals surface area contributed by atoms with Crippen molar-refractivity contribution >= 4 is 15.9 Å². The summed E-state index contributed by atoms with van der Waals surface area (Å²) >= 11 is 3.63. The van der Waals surface area contributed by atoms with Crippen LogP contribution in [0, 0.1) is 11.8 Å². The first-order valence-electron chi connectivity index (χ1n) is 7.06. The molecule has 106 valence electrons. The van der Waals surface area contributed by atoms with E-state index in [1.54, 1.807) is 7.11 Å². The molecule has 1 aliphatic rings. The van der Waals surface area contributed by atoms with Gasteiger partial charge in [-0.3, -0.25) is 0 Å². The van der Waals surface area contributed by atoms with Gasteiger partial charge >= 0.3 is 0 Å². The highest BCUT2D eigenvalue weighted by Gasteiger charge is 2.37. The average molecular weight is 326 g/mol. The van der Waals surface area contributed by atoms with E-state index in [4.69, 9.17) is 10.5 Å². The van der Waals surface area contributed by atoms with Crippen molar-refractivity contribution in [2.24, 2.45) is 17.6 Å². The van der Waals surface area contributed by atoms with Crippen LogP contribution < -0.4 is 10.5 Å². The molecule has 0 aromatic heterocycles. The molecule has 19 heavy (non-hydrogen) atoms. The van der Waals surface area contributed by atoms with Gasteiger partial charge in [-0.2, -0.15) is 0 Å². The van der Waals surface area contributed by atoms with Crippen LogP contribution >= 0.6 is 15.9 Å². The first-order chi connectivity index (χ1) is 8.94. The van der Waals surface area contributed by atoms with Crippen molar-refractivity contribution in [2.75, 3.05) is 7.11 Å². The standard InChI is InChI=1S/C16H24BrNO/c1-11-6-7-16(18,12(2)8-11)10-13-9-14(19-3)4-5-15(13)17/h4-5,9,11-12H,6-8,10,18H2,1-3H3. The predicted molar refractivity (Wildman–Crippen MR) is 83.5 cm³/mol. The lowest BCUT2D eigenvalue weighted by molar-refractivity contribution is 0.163. The summed E-state index contributed by atoms with van der Waals surface area (Å²) < 4.78 is 6.44. The zero-order valence-corrected chi connectivity index (χ0v) is 13.7. The van der Waals surface area contributed by atoms with Crippen LogP contribution in [0.25, 0.3) is 0 Å². The highest BCUT2D eigenvalue weighted by Crippen LogP contribution is 2.38. The van der Waals surface area contributed by atoms with Crippen molar-refractivity contribution in [1.82, 2.24) is 0 Å². The summed E-state index contributed by atoms with van der Waals surface area (Å²) in [5, 5.41) is 0. The van der Waals surface area contributed by atoms with Crippen LogP contribution in [0.5, 0.6) is 5.75 Å². The second-order valence-corrected chi connectivity index (χ2v) is 7.00. The van der Waals surface area contributed by atoms with Crippen LogP contribution in [-0.4, -0.2) is 12.6 Å². The molecule has 0 saturated heterocycles. The molecule has 1 fully saturated rings. The predicted octanol–water partition coefficient (Wildman–Crippen LogP) is 4.15. The van der Waals surface area contributed by atoms with Gasteiger partial charge in [0.2, 0.25) is 0 Å². The van der Waals surface area contributed by atoms with Gasteiger partial charge in [0.05, 0.1) is 7.11 Å². The number of hydrogen-bond acceptors (Lipinski definition) is 2. The van der Waals surface area contributed by atoms with Crippen LogP contribution in [0.4, 0.5) is 0 Å². The van der Waals surface area contributed by atoms with Gasteiger partial charge in [-0.25, -0.2) is 0 Å². The second kappa shape index (κ2) is 5.84. The Balaban J connectivity index is 2.20. The highest BCUT2D eigenvalue weighted by molar-refractivity contribution is 9.10. The van der Waals surface area contributed by atoms with E-state index in [9.17, 15) is 0 Å². The molecule has 0 radical (unpaired) electrons. The molecular formula is C16H24BrNO. The van der Waals surface area contributed by atoms with Crippen molar-refractivity contribution in [2.45, 2.75) is 45.1 Å². The van der Waals surface area contributed by atoms with E-state index in [0.29, 0.717) is 5.92 Å². The Morgan fingerprint density at radius 1 is 1.42 bits per heavy atom. The van der Waals surface area contributed by atoms with Crippen LogP contribution in [0.2, 0.25) is 0 Å². The van der Waals surface area contributed by atoms with Crippen molar-refractivity contribution in [3.63, 3.8) is 0 Å². The van der Waals surface area contributed by atoms with Gasteiger partial charge in [-0.1, -0.05) is 29.8 Å². The quantitative estimate of drug-likeness (QED) is 0.905. The minimum absolute atomic E-state index is 0.0819. The molecule has 2 rings (SSSR count). The minimum atomic E-state index is -0.0819. The van der Waals surface area contributed by atoms with Crippen LogP contribution in [0.15, 0.2) is 22.7 Å².